The minimum absolute atomic E-state index is 0.783. The van der Waals surface area contributed by atoms with E-state index < -0.39 is 0 Å². The Balaban J connectivity index is 0.00000179. The van der Waals surface area contributed by atoms with Crippen LogP contribution in [0.2, 0.25) is 0 Å². The van der Waals surface area contributed by atoms with Gasteiger partial charge in [0.25, 0.3) is 0 Å². The molecule has 0 atom stereocenters. The number of hydrogen-bond acceptors (Lipinski definition) is 2. The zero-order chi connectivity index (χ0) is 28.6. The van der Waals surface area contributed by atoms with Gasteiger partial charge in [-0.3, -0.25) is 0 Å². The van der Waals surface area contributed by atoms with Crippen molar-refractivity contribution in [3.8, 4) is 0 Å². The van der Waals surface area contributed by atoms with E-state index in [1.807, 2.05) is 33.8 Å². The van der Waals surface area contributed by atoms with Gasteiger partial charge in [0.05, 0.1) is 0 Å². The molecule has 38 heavy (non-hydrogen) atoms. The van der Waals surface area contributed by atoms with Gasteiger partial charge in [0.1, 0.15) is 0 Å². The first kappa shape index (κ1) is 36.4. The summed E-state index contributed by atoms with van der Waals surface area (Å²) in [4.78, 5) is 0. The van der Waals surface area contributed by atoms with Gasteiger partial charge < -0.3 is 10.6 Å². The maximum Gasteiger partial charge on any atom is 0.0208 e. The van der Waals surface area contributed by atoms with Crippen LogP contribution in [0.5, 0.6) is 0 Å². The van der Waals surface area contributed by atoms with Crippen LogP contribution in [-0.4, -0.2) is 26.2 Å². The SMILES string of the molecule is C=C/C=C(CNCC1CCC(CNCC2=CC=CC=C(C)C2)CC1)\C(=C/C)C1CCC1.CC.CC.CCC. The van der Waals surface area contributed by atoms with Gasteiger partial charge in [-0.25, -0.2) is 0 Å². The van der Waals surface area contributed by atoms with Gasteiger partial charge in [-0.05, 0) is 101 Å². The summed E-state index contributed by atoms with van der Waals surface area (Å²) in [5.74, 6) is 2.46. The van der Waals surface area contributed by atoms with Gasteiger partial charge >= 0.3 is 0 Å². The zero-order valence-corrected chi connectivity index (χ0v) is 26.7. The average Bonchev–Trinajstić information content (AvgIpc) is 3.13. The molecule has 3 rings (SSSR count). The van der Waals surface area contributed by atoms with E-state index in [0.717, 1.165) is 43.8 Å². The van der Waals surface area contributed by atoms with E-state index in [0.29, 0.717) is 0 Å². The Labute approximate surface area is 238 Å². The summed E-state index contributed by atoms with van der Waals surface area (Å²) in [7, 11) is 0. The Morgan fingerprint density at radius 2 is 1.45 bits per heavy atom. The minimum atomic E-state index is 0.783. The molecule has 0 amide bonds. The fourth-order valence-corrected chi connectivity index (χ4v) is 5.30. The van der Waals surface area contributed by atoms with E-state index in [1.165, 1.54) is 74.6 Å². The second-order valence-corrected chi connectivity index (χ2v) is 10.6. The molecule has 0 saturated heterocycles. The third-order valence-electron chi connectivity index (χ3n) is 7.38. The van der Waals surface area contributed by atoms with E-state index in [9.17, 15) is 0 Å². The monoisotopic (exact) mass is 525 g/mol. The highest BCUT2D eigenvalue weighted by molar-refractivity contribution is 5.37. The Hall–Kier alpha value is -1.64. The molecule has 0 heterocycles. The molecule has 0 aliphatic heterocycles. The van der Waals surface area contributed by atoms with E-state index >= 15 is 0 Å². The molecule has 2 saturated carbocycles. The van der Waals surface area contributed by atoms with Crippen molar-refractivity contribution in [1.82, 2.24) is 10.6 Å². The van der Waals surface area contributed by atoms with Crippen LogP contribution < -0.4 is 10.6 Å². The van der Waals surface area contributed by atoms with Gasteiger partial charge in [-0.15, -0.1) is 0 Å². The van der Waals surface area contributed by atoms with Crippen molar-refractivity contribution in [3.63, 3.8) is 0 Å². The van der Waals surface area contributed by atoms with Crippen molar-refractivity contribution in [1.29, 1.82) is 0 Å². The van der Waals surface area contributed by atoms with E-state index in [4.69, 9.17) is 0 Å². The third kappa shape index (κ3) is 15.1. The largest absolute Gasteiger partial charge is 0.313 e. The third-order valence-corrected chi connectivity index (χ3v) is 7.38. The summed E-state index contributed by atoms with van der Waals surface area (Å²) in [6.07, 6.45) is 27.3. The van der Waals surface area contributed by atoms with Crippen molar-refractivity contribution in [2.24, 2.45) is 17.8 Å². The number of rotatable bonds is 11. The maximum absolute atomic E-state index is 3.94. The van der Waals surface area contributed by atoms with Crippen LogP contribution in [-0.2, 0) is 0 Å². The first-order valence-electron chi connectivity index (χ1n) is 16.0. The van der Waals surface area contributed by atoms with Gasteiger partial charge in [0.2, 0.25) is 0 Å². The lowest BCUT2D eigenvalue weighted by molar-refractivity contribution is 0.264. The lowest BCUT2D eigenvalue weighted by Gasteiger charge is -2.31. The predicted octanol–water partition coefficient (Wildman–Crippen LogP) is 10.1. The zero-order valence-electron chi connectivity index (χ0n) is 26.7. The van der Waals surface area contributed by atoms with Crippen molar-refractivity contribution in [2.45, 2.75) is 113 Å². The van der Waals surface area contributed by atoms with E-state index in [2.05, 4.69) is 81.4 Å². The molecule has 2 nitrogen and oxygen atoms in total. The molecule has 0 aromatic heterocycles. The first-order valence-corrected chi connectivity index (χ1v) is 16.0. The van der Waals surface area contributed by atoms with Crippen LogP contribution in [0.25, 0.3) is 0 Å². The van der Waals surface area contributed by atoms with Gasteiger partial charge in [-0.1, -0.05) is 115 Å². The molecule has 0 radical (unpaired) electrons. The molecule has 3 aliphatic carbocycles. The summed E-state index contributed by atoms with van der Waals surface area (Å²) in [6.45, 7) is 25.0. The van der Waals surface area contributed by atoms with Crippen LogP contribution in [0.1, 0.15) is 113 Å². The summed E-state index contributed by atoms with van der Waals surface area (Å²) in [5.41, 5.74) is 5.97. The summed E-state index contributed by atoms with van der Waals surface area (Å²) < 4.78 is 0. The molecular formula is C36H64N2. The predicted molar refractivity (Wildman–Crippen MR) is 175 cm³/mol. The van der Waals surface area contributed by atoms with Crippen molar-refractivity contribution in [2.75, 3.05) is 26.2 Å². The van der Waals surface area contributed by atoms with Crippen LogP contribution in [0, 0.1) is 17.8 Å². The lowest BCUT2D eigenvalue weighted by atomic mass is 9.76. The molecule has 0 spiro atoms. The fourth-order valence-electron chi connectivity index (χ4n) is 5.30. The van der Waals surface area contributed by atoms with Gasteiger partial charge in [0.15, 0.2) is 0 Å². The van der Waals surface area contributed by atoms with Gasteiger partial charge in [0, 0.05) is 13.1 Å². The Morgan fingerprint density at radius 1 is 0.895 bits per heavy atom. The molecule has 0 bridgehead atoms. The second-order valence-electron chi connectivity index (χ2n) is 10.6. The van der Waals surface area contributed by atoms with Crippen LogP contribution >= 0.6 is 0 Å². The van der Waals surface area contributed by atoms with Crippen molar-refractivity contribution in [3.05, 3.63) is 71.4 Å². The Bertz CT molecular complexity index is 737. The minimum Gasteiger partial charge on any atom is -0.313 e. The summed E-state index contributed by atoms with van der Waals surface area (Å²) in [6, 6.07) is 0. The number of allylic oxidation sites excluding steroid dienone is 8. The normalized spacial score (nSPS) is 21.6. The topological polar surface area (TPSA) is 24.1 Å². The Morgan fingerprint density at radius 3 is 1.95 bits per heavy atom. The first-order chi connectivity index (χ1) is 18.6. The molecule has 0 unspecified atom stereocenters. The standard InChI is InChI=1S/C29H44N2.C3H8.2C2H6/c1-4-9-28(29(5-2)27-12-8-13-27)22-31-20-25-16-14-24(15-17-25)19-30-21-26-11-7-6-10-23(3)18-26;1-3-2;2*1-2/h4-7,9-11,24-25,27,30-31H,1,8,12-22H2,2-3H3;3H2,1-2H3;2*1-2H3/b28-9-,29-5-;;;. The van der Waals surface area contributed by atoms with Crippen LogP contribution in [0.3, 0.4) is 0 Å². The smallest absolute Gasteiger partial charge is 0.0208 e. The Kier molecular flexibility index (Phi) is 23.4. The van der Waals surface area contributed by atoms with Crippen molar-refractivity contribution < 1.29 is 0 Å². The van der Waals surface area contributed by atoms with Gasteiger partial charge in [-0.2, -0.15) is 0 Å². The fraction of sp³-hybridized carbons (Fsp3) is 0.667. The lowest BCUT2D eigenvalue weighted by Crippen LogP contribution is -2.32. The molecule has 2 fully saturated rings. The van der Waals surface area contributed by atoms with Crippen LogP contribution in [0.15, 0.2) is 71.4 Å². The second kappa shape index (κ2) is 24.4. The summed E-state index contributed by atoms with van der Waals surface area (Å²) >= 11 is 0. The molecule has 2 N–H and O–H groups in total. The van der Waals surface area contributed by atoms with E-state index in [-0.39, 0.29) is 0 Å². The highest BCUT2D eigenvalue weighted by atomic mass is 14.9. The highest BCUT2D eigenvalue weighted by Gasteiger charge is 2.24. The maximum atomic E-state index is 3.94. The molecule has 218 valence electrons. The summed E-state index contributed by atoms with van der Waals surface area (Å²) in [5, 5.41) is 7.51. The van der Waals surface area contributed by atoms with Crippen LogP contribution in [0.4, 0.5) is 0 Å². The molecule has 0 aromatic carbocycles. The van der Waals surface area contributed by atoms with E-state index in [1.54, 1.807) is 5.57 Å². The molecule has 2 heteroatoms. The molecular weight excluding hydrogens is 460 g/mol. The highest BCUT2D eigenvalue weighted by Crippen LogP contribution is 2.36. The molecule has 0 aromatic rings. The average molecular weight is 525 g/mol. The number of nitrogens with one attached hydrogen (secondary N) is 2. The molecule has 3 aliphatic rings. The quantitative estimate of drug-likeness (QED) is 0.263. The number of hydrogen-bond donors (Lipinski definition) is 2. The van der Waals surface area contributed by atoms with Crippen molar-refractivity contribution >= 4 is 0 Å².